The highest BCUT2D eigenvalue weighted by Gasteiger charge is 2.21. The molecule has 0 aromatic heterocycles. The van der Waals surface area contributed by atoms with Crippen LogP contribution in [0.1, 0.15) is 54.4 Å². The quantitative estimate of drug-likeness (QED) is 0.309. The first kappa shape index (κ1) is 28.6. The first-order chi connectivity index (χ1) is 13.9. The summed E-state index contributed by atoms with van der Waals surface area (Å²) in [6.45, 7) is 14.7. The Morgan fingerprint density at radius 2 is 1.23 bits per heavy atom. The van der Waals surface area contributed by atoms with E-state index in [4.69, 9.17) is 29.4 Å². The SMILES string of the molecule is CC(C)(C)OC(=O)CCCOCCOCCN(CCOCCN)C(=O)OC(C)(C)C. The summed E-state index contributed by atoms with van der Waals surface area (Å²) in [4.78, 5) is 25.5. The van der Waals surface area contributed by atoms with Gasteiger partial charge in [-0.2, -0.15) is 0 Å². The van der Waals surface area contributed by atoms with E-state index in [0.717, 1.165) is 0 Å². The van der Waals surface area contributed by atoms with Crippen molar-refractivity contribution in [2.75, 3.05) is 59.3 Å². The predicted octanol–water partition coefficient (Wildman–Crippen LogP) is 2.35. The predicted molar refractivity (Wildman–Crippen MR) is 114 cm³/mol. The minimum absolute atomic E-state index is 0.222. The summed E-state index contributed by atoms with van der Waals surface area (Å²) in [5.41, 5.74) is 4.37. The minimum atomic E-state index is -0.568. The molecular formula is C21H42N2O7. The van der Waals surface area contributed by atoms with Crippen LogP contribution in [0.2, 0.25) is 0 Å². The van der Waals surface area contributed by atoms with E-state index in [9.17, 15) is 9.59 Å². The lowest BCUT2D eigenvalue weighted by molar-refractivity contribution is -0.155. The van der Waals surface area contributed by atoms with Crippen LogP contribution in [0.25, 0.3) is 0 Å². The molecule has 178 valence electrons. The number of hydrogen-bond acceptors (Lipinski definition) is 8. The van der Waals surface area contributed by atoms with E-state index < -0.39 is 17.3 Å². The molecule has 9 nitrogen and oxygen atoms in total. The molecule has 0 aliphatic heterocycles. The molecule has 0 unspecified atom stereocenters. The van der Waals surface area contributed by atoms with Gasteiger partial charge in [0.2, 0.25) is 0 Å². The van der Waals surface area contributed by atoms with Crippen molar-refractivity contribution in [3.63, 3.8) is 0 Å². The topological polar surface area (TPSA) is 110 Å². The van der Waals surface area contributed by atoms with Crippen molar-refractivity contribution >= 4 is 12.1 Å². The Bertz CT molecular complexity index is 473. The summed E-state index contributed by atoms with van der Waals surface area (Å²) in [6.07, 6.45) is 0.528. The van der Waals surface area contributed by atoms with Gasteiger partial charge in [-0.1, -0.05) is 0 Å². The summed E-state index contributed by atoms with van der Waals surface area (Å²) in [6, 6.07) is 0. The third-order valence-corrected chi connectivity index (χ3v) is 3.39. The van der Waals surface area contributed by atoms with Crippen LogP contribution in [0.15, 0.2) is 0 Å². The molecule has 0 saturated heterocycles. The Morgan fingerprint density at radius 3 is 1.73 bits per heavy atom. The smallest absolute Gasteiger partial charge is 0.410 e. The number of nitrogens with zero attached hydrogens (tertiary/aromatic N) is 1. The molecule has 2 N–H and O–H groups in total. The van der Waals surface area contributed by atoms with Gasteiger partial charge in [0.25, 0.3) is 0 Å². The zero-order valence-electron chi connectivity index (χ0n) is 19.7. The maximum absolute atomic E-state index is 12.3. The van der Waals surface area contributed by atoms with Gasteiger partial charge < -0.3 is 34.3 Å². The fourth-order valence-electron chi connectivity index (χ4n) is 2.19. The third-order valence-electron chi connectivity index (χ3n) is 3.39. The van der Waals surface area contributed by atoms with Crippen LogP contribution < -0.4 is 5.73 Å². The van der Waals surface area contributed by atoms with Gasteiger partial charge in [0.15, 0.2) is 0 Å². The molecule has 0 aromatic carbocycles. The number of rotatable bonds is 15. The van der Waals surface area contributed by atoms with Gasteiger partial charge in [-0.05, 0) is 48.0 Å². The molecule has 0 aliphatic carbocycles. The van der Waals surface area contributed by atoms with E-state index in [2.05, 4.69) is 0 Å². The van der Waals surface area contributed by atoms with Gasteiger partial charge in [-0.25, -0.2) is 4.79 Å². The summed E-state index contributed by atoms with van der Waals surface area (Å²) < 4.78 is 27.0. The minimum Gasteiger partial charge on any atom is -0.460 e. The molecule has 0 heterocycles. The molecule has 0 rings (SSSR count). The lowest BCUT2D eigenvalue weighted by Gasteiger charge is -2.27. The highest BCUT2D eigenvalue weighted by Crippen LogP contribution is 2.10. The van der Waals surface area contributed by atoms with Gasteiger partial charge in [0.05, 0.1) is 33.0 Å². The molecule has 0 aromatic rings. The molecular weight excluding hydrogens is 392 g/mol. The molecule has 9 heteroatoms. The van der Waals surface area contributed by atoms with E-state index in [0.29, 0.717) is 72.1 Å². The van der Waals surface area contributed by atoms with Gasteiger partial charge >= 0.3 is 12.1 Å². The number of carbonyl (C=O) groups excluding carboxylic acids is 2. The van der Waals surface area contributed by atoms with Crippen LogP contribution in [0.4, 0.5) is 4.79 Å². The summed E-state index contributed by atoms with van der Waals surface area (Å²) >= 11 is 0. The highest BCUT2D eigenvalue weighted by atomic mass is 16.6. The Labute approximate surface area is 181 Å². The Morgan fingerprint density at radius 1 is 0.733 bits per heavy atom. The number of hydrogen-bond donors (Lipinski definition) is 1. The third kappa shape index (κ3) is 18.6. The normalized spacial score (nSPS) is 12.0. The first-order valence-electron chi connectivity index (χ1n) is 10.6. The van der Waals surface area contributed by atoms with E-state index >= 15 is 0 Å². The summed E-state index contributed by atoms with van der Waals surface area (Å²) in [5.74, 6) is -0.222. The second kappa shape index (κ2) is 15.4. The molecule has 0 radical (unpaired) electrons. The summed E-state index contributed by atoms with van der Waals surface area (Å²) in [7, 11) is 0. The largest absolute Gasteiger partial charge is 0.460 e. The van der Waals surface area contributed by atoms with Crippen molar-refractivity contribution < 1.29 is 33.3 Å². The van der Waals surface area contributed by atoms with Crippen LogP contribution in [0.3, 0.4) is 0 Å². The maximum Gasteiger partial charge on any atom is 0.410 e. The van der Waals surface area contributed by atoms with Crippen molar-refractivity contribution in [3.8, 4) is 0 Å². The van der Waals surface area contributed by atoms with Crippen molar-refractivity contribution in [2.24, 2.45) is 5.73 Å². The molecule has 0 aliphatic rings. The molecule has 0 fully saturated rings. The fourth-order valence-corrected chi connectivity index (χ4v) is 2.19. The Hall–Kier alpha value is -1.42. The maximum atomic E-state index is 12.3. The van der Waals surface area contributed by atoms with Crippen LogP contribution in [0, 0.1) is 0 Å². The number of amides is 1. The van der Waals surface area contributed by atoms with E-state index in [1.165, 1.54) is 0 Å². The van der Waals surface area contributed by atoms with Crippen LogP contribution in [-0.2, 0) is 28.5 Å². The van der Waals surface area contributed by atoms with Gasteiger partial charge in [0, 0.05) is 32.7 Å². The zero-order valence-corrected chi connectivity index (χ0v) is 19.7. The Balaban J connectivity index is 3.95. The number of esters is 1. The first-order valence-corrected chi connectivity index (χ1v) is 10.6. The van der Waals surface area contributed by atoms with Gasteiger partial charge in [-0.3, -0.25) is 4.79 Å². The zero-order chi connectivity index (χ0) is 23.0. The lowest BCUT2D eigenvalue weighted by atomic mass is 10.2. The van der Waals surface area contributed by atoms with Crippen molar-refractivity contribution in [2.45, 2.75) is 65.6 Å². The van der Waals surface area contributed by atoms with Crippen LogP contribution in [0.5, 0.6) is 0 Å². The second-order valence-corrected chi connectivity index (χ2v) is 8.78. The number of carbonyl (C=O) groups is 2. The molecule has 0 atom stereocenters. The van der Waals surface area contributed by atoms with Crippen molar-refractivity contribution in [3.05, 3.63) is 0 Å². The molecule has 30 heavy (non-hydrogen) atoms. The highest BCUT2D eigenvalue weighted by molar-refractivity contribution is 5.69. The van der Waals surface area contributed by atoms with Crippen LogP contribution in [-0.4, -0.2) is 87.4 Å². The molecule has 1 amide bonds. The van der Waals surface area contributed by atoms with E-state index in [1.807, 2.05) is 41.5 Å². The molecule has 0 spiro atoms. The fraction of sp³-hybridized carbons (Fsp3) is 0.905. The van der Waals surface area contributed by atoms with Gasteiger partial charge in [-0.15, -0.1) is 0 Å². The molecule has 0 saturated carbocycles. The number of ether oxygens (including phenoxy) is 5. The lowest BCUT2D eigenvalue weighted by Crippen LogP contribution is -2.40. The number of nitrogens with two attached hydrogens (primary N) is 1. The van der Waals surface area contributed by atoms with Crippen molar-refractivity contribution in [1.29, 1.82) is 0 Å². The standard InChI is InChI=1S/C21H42N2O7/c1-20(2,3)29-18(24)8-7-12-26-16-17-28-15-11-23(10-14-27-13-9-22)19(25)30-21(4,5)6/h7-17,22H2,1-6H3. The molecule has 0 bridgehead atoms. The average molecular weight is 435 g/mol. The summed E-state index contributed by atoms with van der Waals surface area (Å²) in [5, 5.41) is 0. The monoisotopic (exact) mass is 434 g/mol. The average Bonchev–Trinajstić information content (AvgIpc) is 2.58. The van der Waals surface area contributed by atoms with Gasteiger partial charge in [0.1, 0.15) is 11.2 Å². The van der Waals surface area contributed by atoms with Crippen LogP contribution >= 0.6 is 0 Å². The second-order valence-electron chi connectivity index (χ2n) is 8.78. The van der Waals surface area contributed by atoms with Crippen molar-refractivity contribution in [1.82, 2.24) is 4.90 Å². The van der Waals surface area contributed by atoms with E-state index in [1.54, 1.807) is 4.90 Å². The van der Waals surface area contributed by atoms with E-state index in [-0.39, 0.29) is 5.97 Å². The Kier molecular flexibility index (Phi) is 14.7.